The van der Waals surface area contributed by atoms with E-state index in [9.17, 15) is 0 Å². The van der Waals surface area contributed by atoms with Crippen LogP contribution < -0.4 is 14.8 Å². The summed E-state index contributed by atoms with van der Waals surface area (Å²) in [6.07, 6.45) is 1.89. The zero-order valence-electron chi connectivity index (χ0n) is 13.7. The molecule has 2 rings (SSSR count). The quantitative estimate of drug-likeness (QED) is 0.716. The molecule has 2 aromatic rings. The lowest BCUT2D eigenvalue weighted by Crippen LogP contribution is -2.11. The van der Waals surface area contributed by atoms with Gasteiger partial charge in [0.05, 0.1) is 13.7 Å². The predicted octanol–water partition coefficient (Wildman–Crippen LogP) is 3.26. The number of nitrogens with zero attached hydrogens (tertiary/aromatic N) is 4. The number of nitrogens with one attached hydrogen (secondary N) is 1. The van der Waals surface area contributed by atoms with E-state index in [4.69, 9.17) is 9.47 Å². The van der Waals surface area contributed by atoms with Crippen LogP contribution in [0.2, 0.25) is 0 Å². The summed E-state index contributed by atoms with van der Waals surface area (Å²) in [5, 5.41) is 15.0. The molecule has 0 bridgehead atoms. The summed E-state index contributed by atoms with van der Waals surface area (Å²) in [6.45, 7) is 6.09. The number of hydrogen-bond donors (Lipinski definition) is 1. The third kappa shape index (κ3) is 4.34. The first kappa shape index (κ1) is 17.5. The lowest BCUT2D eigenvalue weighted by Gasteiger charge is -2.17. The molecule has 126 valence electrons. The van der Waals surface area contributed by atoms with E-state index in [1.54, 1.807) is 11.8 Å². The molecule has 1 N–H and O–H groups in total. The van der Waals surface area contributed by atoms with E-state index >= 15 is 0 Å². The molecule has 0 amide bonds. The van der Waals surface area contributed by atoms with Crippen LogP contribution in [0, 0.1) is 0 Å². The zero-order valence-corrected chi connectivity index (χ0v) is 15.3. The Morgan fingerprint density at radius 1 is 1.26 bits per heavy atom. The van der Waals surface area contributed by atoms with E-state index in [2.05, 4.69) is 50.6 Å². The highest BCUT2D eigenvalue weighted by atomic mass is 79.9. The van der Waals surface area contributed by atoms with E-state index < -0.39 is 0 Å². The van der Waals surface area contributed by atoms with Gasteiger partial charge in [-0.1, -0.05) is 34.9 Å². The summed E-state index contributed by atoms with van der Waals surface area (Å²) in [4.78, 5) is 0. The van der Waals surface area contributed by atoms with E-state index in [-0.39, 0.29) is 0 Å². The molecule has 0 fully saturated rings. The van der Waals surface area contributed by atoms with Crippen LogP contribution in [0.3, 0.4) is 0 Å². The van der Waals surface area contributed by atoms with Crippen molar-refractivity contribution >= 4 is 21.9 Å². The molecule has 0 aliphatic rings. The van der Waals surface area contributed by atoms with Gasteiger partial charge in [-0.15, -0.1) is 0 Å². The van der Waals surface area contributed by atoms with Crippen LogP contribution in [0.15, 0.2) is 16.6 Å². The van der Waals surface area contributed by atoms with Crippen LogP contribution in [-0.2, 0) is 13.1 Å². The highest BCUT2D eigenvalue weighted by Crippen LogP contribution is 2.36. The third-order valence-electron chi connectivity index (χ3n) is 3.23. The van der Waals surface area contributed by atoms with Gasteiger partial charge in [0, 0.05) is 23.1 Å². The van der Waals surface area contributed by atoms with Crippen molar-refractivity contribution in [1.82, 2.24) is 20.2 Å². The number of aryl methyl sites for hydroxylation is 1. The monoisotopic (exact) mass is 383 g/mol. The molecule has 0 atom stereocenters. The number of benzene rings is 1. The second-order valence-electron chi connectivity index (χ2n) is 4.98. The minimum Gasteiger partial charge on any atom is -0.493 e. The SMILES string of the molecule is CCCOc1c(OC)ccc(Br)c1CNc1nnnn1CCC. The molecule has 0 spiro atoms. The summed E-state index contributed by atoms with van der Waals surface area (Å²) in [6, 6.07) is 3.84. The topological polar surface area (TPSA) is 74.1 Å². The van der Waals surface area contributed by atoms with Crippen LogP contribution in [0.4, 0.5) is 5.95 Å². The van der Waals surface area contributed by atoms with Crippen molar-refractivity contribution in [2.24, 2.45) is 0 Å². The Labute approximate surface area is 144 Å². The molecule has 0 aliphatic heterocycles. The van der Waals surface area contributed by atoms with Gasteiger partial charge in [-0.25, -0.2) is 4.68 Å². The summed E-state index contributed by atoms with van der Waals surface area (Å²) >= 11 is 3.58. The van der Waals surface area contributed by atoms with Crippen molar-refractivity contribution in [3.8, 4) is 11.5 Å². The Kier molecular flexibility index (Phi) is 6.64. The maximum atomic E-state index is 5.88. The van der Waals surface area contributed by atoms with Crippen molar-refractivity contribution in [1.29, 1.82) is 0 Å². The van der Waals surface area contributed by atoms with Gasteiger partial charge in [0.15, 0.2) is 11.5 Å². The summed E-state index contributed by atoms with van der Waals surface area (Å²) in [5.41, 5.74) is 0.976. The minimum absolute atomic E-state index is 0.529. The van der Waals surface area contributed by atoms with E-state index in [0.717, 1.165) is 35.2 Å². The van der Waals surface area contributed by atoms with Gasteiger partial charge in [0.1, 0.15) is 0 Å². The summed E-state index contributed by atoms with van der Waals surface area (Å²) in [5.74, 6) is 2.10. The summed E-state index contributed by atoms with van der Waals surface area (Å²) < 4.78 is 14.0. The second-order valence-corrected chi connectivity index (χ2v) is 5.84. The lowest BCUT2D eigenvalue weighted by molar-refractivity contribution is 0.291. The smallest absolute Gasteiger partial charge is 0.243 e. The van der Waals surface area contributed by atoms with Crippen LogP contribution in [0.25, 0.3) is 0 Å². The number of methoxy groups -OCH3 is 1. The van der Waals surface area contributed by atoms with Gasteiger partial charge in [0.2, 0.25) is 5.95 Å². The minimum atomic E-state index is 0.529. The molecule has 1 heterocycles. The third-order valence-corrected chi connectivity index (χ3v) is 3.97. The fraction of sp³-hybridized carbons (Fsp3) is 0.533. The van der Waals surface area contributed by atoms with Crippen LogP contribution in [0.1, 0.15) is 32.3 Å². The van der Waals surface area contributed by atoms with Crippen molar-refractivity contribution < 1.29 is 9.47 Å². The largest absolute Gasteiger partial charge is 0.493 e. The van der Waals surface area contributed by atoms with E-state index in [0.29, 0.717) is 24.8 Å². The molecular formula is C15H22BrN5O2. The fourth-order valence-corrected chi connectivity index (χ4v) is 2.58. The maximum absolute atomic E-state index is 5.88. The first-order valence-electron chi connectivity index (χ1n) is 7.69. The highest BCUT2D eigenvalue weighted by molar-refractivity contribution is 9.10. The number of anilines is 1. The molecule has 7 nitrogen and oxygen atoms in total. The van der Waals surface area contributed by atoms with Crippen LogP contribution in [-0.4, -0.2) is 33.9 Å². The zero-order chi connectivity index (χ0) is 16.7. The average Bonchev–Trinajstić information content (AvgIpc) is 2.99. The molecule has 8 heteroatoms. The van der Waals surface area contributed by atoms with Gasteiger partial charge >= 0.3 is 0 Å². The van der Waals surface area contributed by atoms with E-state index in [1.165, 1.54) is 0 Å². The Morgan fingerprint density at radius 3 is 2.78 bits per heavy atom. The second kappa shape index (κ2) is 8.71. The van der Waals surface area contributed by atoms with Gasteiger partial charge in [0.25, 0.3) is 0 Å². The summed E-state index contributed by atoms with van der Waals surface area (Å²) in [7, 11) is 1.64. The number of aromatic nitrogens is 4. The Bertz CT molecular complexity index is 632. The number of tetrazole rings is 1. The molecule has 0 radical (unpaired) electrons. The number of ether oxygens (including phenoxy) is 2. The average molecular weight is 384 g/mol. The molecule has 1 aromatic heterocycles. The fourth-order valence-electron chi connectivity index (χ4n) is 2.13. The first-order chi connectivity index (χ1) is 11.2. The molecule has 1 aromatic carbocycles. The van der Waals surface area contributed by atoms with Crippen LogP contribution in [0.5, 0.6) is 11.5 Å². The standard InChI is InChI=1S/C15H22BrN5O2/c1-4-8-21-15(18-19-20-21)17-10-11-12(16)6-7-13(22-3)14(11)23-9-5-2/h6-7H,4-5,8-10H2,1-3H3,(H,17,18,20). The normalized spacial score (nSPS) is 10.6. The van der Waals surface area contributed by atoms with Crippen molar-refractivity contribution in [2.75, 3.05) is 19.0 Å². The van der Waals surface area contributed by atoms with Gasteiger partial charge < -0.3 is 14.8 Å². The molecule has 0 saturated heterocycles. The maximum Gasteiger partial charge on any atom is 0.243 e. The molecule has 0 aliphatic carbocycles. The van der Waals surface area contributed by atoms with Crippen LogP contribution >= 0.6 is 15.9 Å². The number of rotatable bonds is 9. The molecule has 23 heavy (non-hydrogen) atoms. The Hall–Kier alpha value is -1.83. The highest BCUT2D eigenvalue weighted by Gasteiger charge is 2.15. The van der Waals surface area contributed by atoms with Gasteiger partial charge in [-0.05, 0) is 35.4 Å². The van der Waals surface area contributed by atoms with Crippen molar-refractivity contribution in [2.45, 2.75) is 39.8 Å². The van der Waals surface area contributed by atoms with Gasteiger partial charge in [-0.3, -0.25) is 0 Å². The molecule has 0 unspecified atom stereocenters. The number of halogens is 1. The lowest BCUT2D eigenvalue weighted by atomic mass is 10.2. The Morgan fingerprint density at radius 2 is 2.09 bits per heavy atom. The Balaban J connectivity index is 2.22. The number of hydrogen-bond acceptors (Lipinski definition) is 6. The predicted molar refractivity (Wildman–Crippen MR) is 91.9 cm³/mol. The molecule has 0 saturated carbocycles. The molecular weight excluding hydrogens is 362 g/mol. The first-order valence-corrected chi connectivity index (χ1v) is 8.48. The van der Waals surface area contributed by atoms with Crippen molar-refractivity contribution in [3.05, 3.63) is 22.2 Å². The van der Waals surface area contributed by atoms with Gasteiger partial charge in [-0.2, -0.15) is 0 Å². The van der Waals surface area contributed by atoms with E-state index in [1.807, 2.05) is 12.1 Å². The van der Waals surface area contributed by atoms with Crippen molar-refractivity contribution in [3.63, 3.8) is 0 Å².